The molecule has 0 aliphatic carbocycles. The van der Waals surface area contributed by atoms with Gasteiger partial charge in [0.25, 0.3) is 0 Å². The molecule has 0 saturated carbocycles. The highest BCUT2D eigenvalue weighted by atomic mass is 79.9. The van der Waals surface area contributed by atoms with E-state index in [9.17, 15) is 4.79 Å². The average Bonchev–Trinajstić information content (AvgIpc) is 2.46. The summed E-state index contributed by atoms with van der Waals surface area (Å²) in [5.74, 6) is 0.914. The standard InChI is InChI=1S/C14H11Br2NO3/c1-19-12-4-10(11(16)5-13(12)20-2)14(18)8-3-9(15)7-17-6-8/h3-7H,1-2H3. The van der Waals surface area contributed by atoms with Crippen LogP contribution in [0.3, 0.4) is 0 Å². The Labute approximate surface area is 133 Å². The average molecular weight is 401 g/mol. The summed E-state index contributed by atoms with van der Waals surface area (Å²) in [6.07, 6.45) is 3.15. The van der Waals surface area contributed by atoms with Gasteiger partial charge in [0.1, 0.15) is 0 Å². The molecule has 1 aromatic carbocycles. The van der Waals surface area contributed by atoms with Gasteiger partial charge in [0.2, 0.25) is 0 Å². The van der Waals surface area contributed by atoms with E-state index in [-0.39, 0.29) is 5.78 Å². The molecule has 2 rings (SSSR count). The lowest BCUT2D eigenvalue weighted by Crippen LogP contribution is -2.04. The number of methoxy groups -OCH3 is 2. The van der Waals surface area contributed by atoms with Gasteiger partial charge in [-0.3, -0.25) is 9.78 Å². The lowest BCUT2D eigenvalue weighted by Gasteiger charge is -2.11. The Hall–Kier alpha value is -1.40. The molecule has 1 aromatic heterocycles. The summed E-state index contributed by atoms with van der Waals surface area (Å²) < 4.78 is 11.8. The summed E-state index contributed by atoms with van der Waals surface area (Å²) in [7, 11) is 3.07. The number of benzene rings is 1. The molecule has 0 aliphatic heterocycles. The zero-order valence-electron chi connectivity index (χ0n) is 10.8. The predicted octanol–water partition coefficient (Wildman–Crippen LogP) is 3.85. The van der Waals surface area contributed by atoms with Crippen molar-refractivity contribution >= 4 is 37.6 Å². The normalized spacial score (nSPS) is 10.2. The number of halogens is 2. The smallest absolute Gasteiger partial charge is 0.195 e. The molecule has 0 radical (unpaired) electrons. The Morgan fingerprint density at radius 3 is 2.30 bits per heavy atom. The molecule has 2 aromatic rings. The molecule has 0 saturated heterocycles. The van der Waals surface area contributed by atoms with Crippen LogP contribution in [0.2, 0.25) is 0 Å². The minimum absolute atomic E-state index is 0.147. The second-order valence-electron chi connectivity index (χ2n) is 3.91. The van der Waals surface area contributed by atoms with E-state index in [1.165, 1.54) is 13.3 Å². The quantitative estimate of drug-likeness (QED) is 0.731. The fourth-order valence-corrected chi connectivity index (χ4v) is 2.59. The SMILES string of the molecule is COc1cc(Br)c(C(=O)c2cncc(Br)c2)cc1OC. The molecule has 0 N–H and O–H groups in total. The number of carbonyl (C=O) groups excluding carboxylic acids is 1. The second kappa shape index (κ2) is 6.37. The zero-order chi connectivity index (χ0) is 14.7. The Balaban J connectivity index is 2.49. The summed E-state index contributed by atoms with van der Waals surface area (Å²) in [4.78, 5) is 16.5. The molecule has 4 nitrogen and oxygen atoms in total. The Bertz CT molecular complexity index is 659. The fourth-order valence-electron chi connectivity index (χ4n) is 1.72. The van der Waals surface area contributed by atoms with E-state index >= 15 is 0 Å². The van der Waals surface area contributed by atoms with Crippen molar-refractivity contribution in [1.82, 2.24) is 4.98 Å². The number of ether oxygens (including phenoxy) is 2. The number of aromatic nitrogens is 1. The molecule has 0 atom stereocenters. The second-order valence-corrected chi connectivity index (χ2v) is 5.68. The van der Waals surface area contributed by atoms with Gasteiger partial charge < -0.3 is 9.47 Å². The number of pyridine rings is 1. The van der Waals surface area contributed by atoms with Crippen LogP contribution in [-0.4, -0.2) is 25.0 Å². The first-order valence-electron chi connectivity index (χ1n) is 5.63. The molecule has 104 valence electrons. The van der Waals surface area contributed by atoms with Crippen molar-refractivity contribution in [2.75, 3.05) is 14.2 Å². The van der Waals surface area contributed by atoms with Gasteiger partial charge in [0, 0.05) is 32.5 Å². The van der Waals surface area contributed by atoms with E-state index in [0.717, 1.165) is 4.47 Å². The van der Waals surface area contributed by atoms with Crippen molar-refractivity contribution in [2.45, 2.75) is 0 Å². The van der Waals surface area contributed by atoms with Crippen LogP contribution in [-0.2, 0) is 0 Å². The minimum atomic E-state index is -0.147. The summed E-state index contributed by atoms with van der Waals surface area (Å²) in [6, 6.07) is 5.07. The monoisotopic (exact) mass is 399 g/mol. The molecule has 0 fully saturated rings. The molecule has 0 unspecified atom stereocenters. The van der Waals surface area contributed by atoms with Gasteiger partial charge in [-0.25, -0.2) is 0 Å². The van der Waals surface area contributed by atoms with E-state index in [1.54, 1.807) is 31.5 Å². The Morgan fingerprint density at radius 1 is 1.05 bits per heavy atom. The largest absolute Gasteiger partial charge is 0.493 e. The van der Waals surface area contributed by atoms with Crippen molar-refractivity contribution in [3.8, 4) is 11.5 Å². The Kier molecular flexibility index (Phi) is 4.77. The van der Waals surface area contributed by atoms with Crippen LogP contribution in [0.5, 0.6) is 11.5 Å². The molecule has 0 bridgehead atoms. The number of rotatable bonds is 4. The molecule has 0 spiro atoms. The number of ketones is 1. The van der Waals surface area contributed by atoms with Gasteiger partial charge in [-0.05, 0) is 50.1 Å². The zero-order valence-corrected chi connectivity index (χ0v) is 14.0. The van der Waals surface area contributed by atoms with Crippen molar-refractivity contribution in [1.29, 1.82) is 0 Å². The minimum Gasteiger partial charge on any atom is -0.493 e. The van der Waals surface area contributed by atoms with E-state index < -0.39 is 0 Å². The van der Waals surface area contributed by atoms with Crippen LogP contribution in [0.4, 0.5) is 0 Å². The summed E-state index contributed by atoms with van der Waals surface area (Å²) >= 11 is 6.68. The third-order valence-electron chi connectivity index (χ3n) is 2.68. The van der Waals surface area contributed by atoms with Crippen LogP contribution in [0.15, 0.2) is 39.5 Å². The maximum absolute atomic E-state index is 12.5. The number of hydrogen-bond donors (Lipinski definition) is 0. The molecule has 6 heteroatoms. The third-order valence-corrected chi connectivity index (χ3v) is 3.77. The van der Waals surface area contributed by atoms with Crippen LogP contribution >= 0.6 is 31.9 Å². The lowest BCUT2D eigenvalue weighted by molar-refractivity contribution is 0.103. The molecule has 1 heterocycles. The van der Waals surface area contributed by atoms with Crippen LogP contribution < -0.4 is 9.47 Å². The Morgan fingerprint density at radius 2 is 1.70 bits per heavy atom. The predicted molar refractivity (Wildman–Crippen MR) is 82.6 cm³/mol. The third kappa shape index (κ3) is 3.02. The van der Waals surface area contributed by atoms with Crippen LogP contribution in [0.1, 0.15) is 15.9 Å². The topological polar surface area (TPSA) is 48.4 Å². The van der Waals surface area contributed by atoms with Crippen molar-refractivity contribution in [2.24, 2.45) is 0 Å². The summed E-state index contributed by atoms with van der Waals surface area (Å²) in [5, 5.41) is 0. The van der Waals surface area contributed by atoms with E-state index in [0.29, 0.717) is 27.1 Å². The fraction of sp³-hybridized carbons (Fsp3) is 0.143. The molecule has 0 amide bonds. The number of carbonyl (C=O) groups is 1. The maximum Gasteiger partial charge on any atom is 0.195 e. The molecule has 20 heavy (non-hydrogen) atoms. The first kappa shape index (κ1) is 15.0. The van der Waals surface area contributed by atoms with Gasteiger partial charge in [0.05, 0.1) is 14.2 Å². The number of nitrogens with zero attached hydrogens (tertiary/aromatic N) is 1. The molecule has 0 aliphatic rings. The van der Waals surface area contributed by atoms with Crippen molar-refractivity contribution in [3.63, 3.8) is 0 Å². The lowest BCUT2D eigenvalue weighted by atomic mass is 10.0. The maximum atomic E-state index is 12.5. The van der Waals surface area contributed by atoms with Gasteiger partial charge in [-0.15, -0.1) is 0 Å². The highest BCUT2D eigenvalue weighted by Gasteiger charge is 2.17. The van der Waals surface area contributed by atoms with Gasteiger partial charge in [0.15, 0.2) is 17.3 Å². The van der Waals surface area contributed by atoms with Crippen molar-refractivity contribution in [3.05, 3.63) is 50.7 Å². The summed E-state index contributed by atoms with van der Waals surface area (Å²) in [6.45, 7) is 0. The summed E-state index contributed by atoms with van der Waals surface area (Å²) in [5.41, 5.74) is 0.981. The first-order valence-corrected chi connectivity index (χ1v) is 7.22. The highest BCUT2D eigenvalue weighted by molar-refractivity contribution is 9.10. The highest BCUT2D eigenvalue weighted by Crippen LogP contribution is 2.34. The first-order chi connectivity index (χ1) is 9.56. The van der Waals surface area contributed by atoms with E-state index in [4.69, 9.17) is 9.47 Å². The molecular formula is C14H11Br2NO3. The van der Waals surface area contributed by atoms with Gasteiger partial charge in [-0.2, -0.15) is 0 Å². The van der Waals surface area contributed by atoms with Crippen molar-refractivity contribution < 1.29 is 14.3 Å². The van der Waals surface area contributed by atoms with Crippen LogP contribution in [0, 0.1) is 0 Å². The van der Waals surface area contributed by atoms with Gasteiger partial charge in [-0.1, -0.05) is 0 Å². The molecular weight excluding hydrogens is 390 g/mol. The van der Waals surface area contributed by atoms with Gasteiger partial charge >= 0.3 is 0 Å². The van der Waals surface area contributed by atoms with Crippen LogP contribution in [0.25, 0.3) is 0 Å². The number of hydrogen-bond acceptors (Lipinski definition) is 4. The van der Waals surface area contributed by atoms with E-state index in [1.807, 2.05) is 0 Å². The van der Waals surface area contributed by atoms with E-state index in [2.05, 4.69) is 36.8 Å².